The zero-order chi connectivity index (χ0) is 9.19. The van der Waals surface area contributed by atoms with E-state index in [4.69, 9.17) is 0 Å². The maximum absolute atomic E-state index is 2.70. The molecule has 12 heavy (non-hydrogen) atoms. The van der Waals surface area contributed by atoms with Crippen LogP contribution in [0.2, 0.25) is 0 Å². The third kappa shape index (κ3) is 3.36. The van der Waals surface area contributed by atoms with E-state index in [0.29, 0.717) is 5.41 Å². The summed E-state index contributed by atoms with van der Waals surface area (Å²) in [4.78, 5) is 0. The van der Waals surface area contributed by atoms with Crippen LogP contribution in [0.3, 0.4) is 0 Å². The van der Waals surface area contributed by atoms with Crippen molar-refractivity contribution in [2.75, 3.05) is 0 Å². The monoisotopic (exact) mass is 180 g/mol. The first kappa shape index (κ1) is 9.74. The van der Waals surface area contributed by atoms with Crippen molar-refractivity contribution >= 4 is 14.5 Å². The van der Waals surface area contributed by atoms with Crippen molar-refractivity contribution in [2.24, 2.45) is 5.41 Å². The Hall–Kier alpha value is -0.350. The molecular formula is C11H17P. The van der Waals surface area contributed by atoms with Crippen LogP contribution in [0.5, 0.6) is 0 Å². The fourth-order valence-corrected chi connectivity index (χ4v) is 1.44. The highest BCUT2D eigenvalue weighted by Gasteiger charge is 2.10. The van der Waals surface area contributed by atoms with Crippen LogP contribution >= 0.6 is 9.24 Å². The van der Waals surface area contributed by atoms with E-state index < -0.39 is 0 Å². The van der Waals surface area contributed by atoms with Gasteiger partial charge < -0.3 is 0 Å². The van der Waals surface area contributed by atoms with E-state index in [2.05, 4.69) is 54.3 Å². The molecular weight excluding hydrogens is 163 g/mol. The SMILES string of the molecule is CC(C)(C)Cc1ccc(P)cc1. The zero-order valence-corrected chi connectivity index (χ0v) is 9.25. The highest BCUT2D eigenvalue weighted by Crippen LogP contribution is 2.19. The predicted octanol–water partition coefficient (Wildman–Crippen LogP) is 2.78. The Labute approximate surface area is 77.6 Å². The Morgan fingerprint density at radius 3 is 2.00 bits per heavy atom. The topological polar surface area (TPSA) is 0 Å². The molecule has 0 bridgehead atoms. The van der Waals surface area contributed by atoms with Gasteiger partial charge in [-0.2, -0.15) is 0 Å². The maximum Gasteiger partial charge on any atom is -0.0230 e. The maximum atomic E-state index is 2.70. The lowest BCUT2D eigenvalue weighted by atomic mass is 9.88. The molecule has 1 heteroatoms. The third-order valence-corrected chi connectivity index (χ3v) is 2.10. The second-order valence-electron chi connectivity index (χ2n) is 4.48. The first-order valence-electron chi connectivity index (χ1n) is 4.32. The van der Waals surface area contributed by atoms with Crippen molar-refractivity contribution in [1.29, 1.82) is 0 Å². The molecule has 0 radical (unpaired) electrons. The molecule has 1 aromatic carbocycles. The lowest BCUT2D eigenvalue weighted by Crippen LogP contribution is -2.09. The first-order valence-corrected chi connectivity index (χ1v) is 4.89. The van der Waals surface area contributed by atoms with Crippen LogP contribution in [0.1, 0.15) is 26.3 Å². The smallest absolute Gasteiger partial charge is 0.0230 e. The molecule has 1 aromatic rings. The van der Waals surface area contributed by atoms with E-state index in [1.54, 1.807) is 0 Å². The summed E-state index contributed by atoms with van der Waals surface area (Å²) in [6.45, 7) is 6.80. The van der Waals surface area contributed by atoms with Crippen molar-refractivity contribution in [3.63, 3.8) is 0 Å². The molecule has 0 aliphatic rings. The van der Waals surface area contributed by atoms with E-state index in [1.165, 1.54) is 10.9 Å². The molecule has 0 saturated carbocycles. The molecule has 0 nitrogen and oxygen atoms in total. The highest BCUT2D eigenvalue weighted by atomic mass is 31.0. The first-order chi connectivity index (χ1) is 5.47. The Morgan fingerprint density at radius 2 is 1.58 bits per heavy atom. The molecule has 1 rings (SSSR count). The summed E-state index contributed by atoms with van der Waals surface area (Å²) < 4.78 is 0. The Kier molecular flexibility index (Phi) is 2.90. The number of hydrogen-bond acceptors (Lipinski definition) is 0. The zero-order valence-electron chi connectivity index (χ0n) is 8.09. The van der Waals surface area contributed by atoms with Crippen LogP contribution in [0, 0.1) is 5.41 Å². The summed E-state index contributed by atoms with van der Waals surface area (Å²) in [5.74, 6) is 0. The van der Waals surface area contributed by atoms with Gasteiger partial charge in [0.1, 0.15) is 0 Å². The summed E-state index contributed by atoms with van der Waals surface area (Å²) in [6.07, 6.45) is 1.15. The molecule has 1 atom stereocenters. The standard InChI is InChI=1S/C11H17P/c1-11(2,3)8-9-4-6-10(12)7-5-9/h4-7H,8,12H2,1-3H3. The summed E-state index contributed by atoms with van der Waals surface area (Å²) in [5, 5.41) is 1.26. The summed E-state index contributed by atoms with van der Waals surface area (Å²) in [7, 11) is 2.70. The summed E-state index contributed by atoms with van der Waals surface area (Å²) >= 11 is 0. The van der Waals surface area contributed by atoms with Gasteiger partial charge in [-0.1, -0.05) is 45.0 Å². The molecule has 0 heterocycles. The molecule has 0 spiro atoms. The van der Waals surface area contributed by atoms with E-state index in [0.717, 1.165) is 6.42 Å². The number of hydrogen-bond donors (Lipinski definition) is 0. The number of benzene rings is 1. The normalized spacial score (nSPS) is 11.7. The van der Waals surface area contributed by atoms with Crippen LogP contribution in [0.4, 0.5) is 0 Å². The lowest BCUT2D eigenvalue weighted by Gasteiger charge is -2.17. The van der Waals surface area contributed by atoms with Gasteiger partial charge in [-0.25, -0.2) is 0 Å². The van der Waals surface area contributed by atoms with E-state index in [9.17, 15) is 0 Å². The second kappa shape index (κ2) is 3.58. The Bertz CT molecular complexity index is 241. The third-order valence-electron chi connectivity index (χ3n) is 1.71. The van der Waals surface area contributed by atoms with E-state index in [-0.39, 0.29) is 0 Å². The van der Waals surface area contributed by atoms with Crippen molar-refractivity contribution in [3.05, 3.63) is 29.8 Å². The van der Waals surface area contributed by atoms with Gasteiger partial charge in [0.05, 0.1) is 0 Å². The van der Waals surface area contributed by atoms with Crippen molar-refractivity contribution in [3.8, 4) is 0 Å². The quantitative estimate of drug-likeness (QED) is 0.583. The highest BCUT2D eigenvalue weighted by molar-refractivity contribution is 7.27. The van der Waals surface area contributed by atoms with Gasteiger partial charge in [0.15, 0.2) is 0 Å². The van der Waals surface area contributed by atoms with Gasteiger partial charge in [0.2, 0.25) is 0 Å². The van der Waals surface area contributed by atoms with Gasteiger partial charge in [-0.3, -0.25) is 0 Å². The Morgan fingerprint density at radius 1 is 1.08 bits per heavy atom. The van der Waals surface area contributed by atoms with Crippen molar-refractivity contribution in [1.82, 2.24) is 0 Å². The molecule has 0 aliphatic carbocycles. The summed E-state index contributed by atoms with van der Waals surface area (Å²) in [6, 6.07) is 8.69. The lowest BCUT2D eigenvalue weighted by molar-refractivity contribution is 0.411. The van der Waals surface area contributed by atoms with Crippen LogP contribution < -0.4 is 5.30 Å². The minimum absolute atomic E-state index is 0.391. The van der Waals surface area contributed by atoms with Crippen molar-refractivity contribution < 1.29 is 0 Å². The molecule has 66 valence electrons. The van der Waals surface area contributed by atoms with Gasteiger partial charge in [0.25, 0.3) is 0 Å². The van der Waals surface area contributed by atoms with Gasteiger partial charge in [-0.05, 0) is 22.7 Å². The fourth-order valence-electron chi connectivity index (χ4n) is 1.25. The van der Waals surface area contributed by atoms with E-state index in [1.807, 2.05) is 0 Å². The molecule has 1 unspecified atom stereocenters. The molecule has 0 fully saturated rings. The molecule has 0 aliphatic heterocycles. The van der Waals surface area contributed by atoms with Gasteiger partial charge >= 0.3 is 0 Å². The predicted molar refractivity (Wildman–Crippen MR) is 58.9 cm³/mol. The Balaban J connectivity index is 2.71. The minimum atomic E-state index is 0.391. The van der Waals surface area contributed by atoms with Crippen molar-refractivity contribution in [2.45, 2.75) is 27.2 Å². The fraction of sp³-hybridized carbons (Fsp3) is 0.455. The summed E-state index contributed by atoms with van der Waals surface area (Å²) in [5.41, 5.74) is 1.82. The molecule has 0 aromatic heterocycles. The average molecular weight is 180 g/mol. The molecule has 0 amide bonds. The minimum Gasteiger partial charge on any atom is -0.106 e. The second-order valence-corrected chi connectivity index (χ2v) is 5.15. The van der Waals surface area contributed by atoms with Gasteiger partial charge in [0, 0.05) is 0 Å². The largest absolute Gasteiger partial charge is 0.106 e. The van der Waals surface area contributed by atoms with Crippen LogP contribution in [-0.4, -0.2) is 0 Å². The molecule has 0 N–H and O–H groups in total. The number of rotatable bonds is 1. The van der Waals surface area contributed by atoms with Crippen LogP contribution in [0.15, 0.2) is 24.3 Å². The van der Waals surface area contributed by atoms with Crippen LogP contribution in [0.25, 0.3) is 0 Å². The van der Waals surface area contributed by atoms with Crippen LogP contribution in [-0.2, 0) is 6.42 Å². The average Bonchev–Trinajstić information content (AvgIpc) is 1.91. The van der Waals surface area contributed by atoms with Gasteiger partial charge in [-0.15, -0.1) is 9.24 Å². The molecule has 0 saturated heterocycles. The van der Waals surface area contributed by atoms with E-state index >= 15 is 0 Å².